The minimum Gasteiger partial charge on any atom is -0.393 e. The second kappa shape index (κ2) is 18.5. The molecule has 0 fully saturated rings. The topological polar surface area (TPSA) is 9.23 Å². The van der Waals surface area contributed by atoms with Crippen LogP contribution in [0.3, 0.4) is 0 Å². The molecule has 0 atom stereocenters. The summed E-state index contributed by atoms with van der Waals surface area (Å²) in [6, 6.07) is 0.877. The molecule has 0 radical (unpaired) electrons. The van der Waals surface area contributed by atoms with Crippen molar-refractivity contribution in [3.63, 3.8) is 0 Å². The number of unbranched alkanes of at least 4 members (excludes halogenated alkanes) is 15. The molecule has 0 bridgehead atoms. The average Bonchev–Trinajstić information content (AvgIpc) is 2.54. The molecule has 0 aliphatic heterocycles. The van der Waals surface area contributed by atoms with Crippen molar-refractivity contribution in [2.75, 3.05) is 6.61 Å². The Kier molecular flexibility index (Phi) is 19.1. The van der Waals surface area contributed by atoms with Gasteiger partial charge in [-0.05, 0) is 13.0 Å². The van der Waals surface area contributed by atoms with Gasteiger partial charge in [-0.15, -0.1) is 22.2 Å². The zero-order chi connectivity index (χ0) is 17.9. The minimum absolute atomic E-state index is 0.637. The van der Waals surface area contributed by atoms with Gasteiger partial charge in [-0.2, -0.15) is 0 Å². The lowest BCUT2D eigenvalue weighted by atomic mass is 10.0. The second-order valence-electron chi connectivity index (χ2n) is 7.12. The number of halogens is 2. The van der Waals surface area contributed by atoms with Gasteiger partial charge in [0.2, 0.25) is 0 Å². The highest BCUT2D eigenvalue weighted by Crippen LogP contribution is 2.25. The van der Waals surface area contributed by atoms with Crippen LogP contribution in [0.2, 0.25) is 6.04 Å². The molecule has 0 aliphatic carbocycles. The Morgan fingerprint density at radius 2 is 0.875 bits per heavy atom. The predicted octanol–water partition coefficient (Wildman–Crippen LogP) is 8.70. The molecule has 0 saturated heterocycles. The maximum Gasteiger partial charge on any atom is 0.389 e. The predicted molar refractivity (Wildman–Crippen MR) is 113 cm³/mol. The lowest BCUT2D eigenvalue weighted by Crippen LogP contribution is -2.23. The number of hydrogen-bond acceptors (Lipinski definition) is 1. The Hall–Kier alpha value is 0.757. The van der Waals surface area contributed by atoms with Gasteiger partial charge in [0.05, 0.1) is 0 Å². The fourth-order valence-electron chi connectivity index (χ4n) is 3.16. The van der Waals surface area contributed by atoms with Gasteiger partial charge in [-0.3, -0.25) is 0 Å². The summed E-state index contributed by atoms with van der Waals surface area (Å²) >= 11 is 12.4. The van der Waals surface area contributed by atoms with Crippen molar-refractivity contribution in [1.82, 2.24) is 0 Å². The molecule has 0 heterocycles. The van der Waals surface area contributed by atoms with Crippen LogP contribution >= 0.6 is 22.2 Å². The van der Waals surface area contributed by atoms with Crippen LogP contribution in [0, 0.1) is 0 Å². The van der Waals surface area contributed by atoms with Gasteiger partial charge >= 0.3 is 6.94 Å². The van der Waals surface area contributed by atoms with E-state index in [1.54, 1.807) is 0 Å². The summed E-state index contributed by atoms with van der Waals surface area (Å²) in [4.78, 5) is 0. The van der Waals surface area contributed by atoms with Crippen LogP contribution in [0.25, 0.3) is 0 Å². The molecule has 0 amide bonds. The molecule has 0 rings (SSSR count). The van der Waals surface area contributed by atoms with Gasteiger partial charge < -0.3 is 4.43 Å². The van der Waals surface area contributed by atoms with Crippen molar-refractivity contribution >= 4 is 29.1 Å². The Balaban J connectivity index is 3.10. The molecular formula is C20H42Cl2OSi. The van der Waals surface area contributed by atoms with Gasteiger partial charge in [-0.25, -0.2) is 0 Å². The highest BCUT2D eigenvalue weighted by molar-refractivity contribution is 7.42. The van der Waals surface area contributed by atoms with Crippen LogP contribution in [0.4, 0.5) is 0 Å². The quantitative estimate of drug-likeness (QED) is 0.120. The van der Waals surface area contributed by atoms with Crippen LogP contribution in [0.15, 0.2) is 0 Å². The molecule has 0 aliphatic rings. The van der Waals surface area contributed by atoms with Gasteiger partial charge in [0.15, 0.2) is 0 Å². The molecule has 1 nitrogen and oxygen atoms in total. The average molecular weight is 398 g/mol. The number of hydrogen-bond donors (Lipinski definition) is 0. The summed E-state index contributed by atoms with van der Waals surface area (Å²) in [6.07, 6.45) is 22.2. The summed E-state index contributed by atoms with van der Waals surface area (Å²) in [5, 5.41) is 0. The van der Waals surface area contributed by atoms with E-state index in [2.05, 4.69) is 6.92 Å². The van der Waals surface area contributed by atoms with E-state index in [0.717, 1.165) is 12.5 Å². The Morgan fingerprint density at radius 1 is 0.542 bits per heavy atom. The molecule has 0 aromatic rings. The molecule has 0 aromatic heterocycles. The first kappa shape index (κ1) is 24.8. The fraction of sp³-hybridized carbons (Fsp3) is 1.00. The zero-order valence-electron chi connectivity index (χ0n) is 16.4. The smallest absolute Gasteiger partial charge is 0.389 e. The van der Waals surface area contributed by atoms with Gasteiger partial charge in [-0.1, -0.05) is 110 Å². The lowest BCUT2D eigenvalue weighted by Gasteiger charge is -2.15. The summed E-state index contributed by atoms with van der Waals surface area (Å²) in [5.74, 6) is 0. The maximum absolute atomic E-state index is 6.18. The van der Waals surface area contributed by atoms with Crippen molar-refractivity contribution in [3.8, 4) is 0 Å². The Morgan fingerprint density at radius 3 is 1.21 bits per heavy atom. The monoisotopic (exact) mass is 396 g/mol. The van der Waals surface area contributed by atoms with E-state index in [1.165, 1.54) is 96.3 Å². The van der Waals surface area contributed by atoms with E-state index in [4.69, 9.17) is 26.6 Å². The molecule has 24 heavy (non-hydrogen) atoms. The molecule has 4 heteroatoms. The van der Waals surface area contributed by atoms with Crippen LogP contribution < -0.4 is 0 Å². The van der Waals surface area contributed by atoms with Crippen LogP contribution in [-0.4, -0.2) is 13.5 Å². The fourth-order valence-corrected chi connectivity index (χ4v) is 5.85. The van der Waals surface area contributed by atoms with E-state index in [0.29, 0.717) is 6.61 Å². The third kappa shape index (κ3) is 19.1. The van der Waals surface area contributed by atoms with Crippen molar-refractivity contribution in [2.45, 2.75) is 123 Å². The Labute approximate surface area is 162 Å². The molecule has 0 saturated carbocycles. The molecule has 0 N–H and O–H groups in total. The summed E-state index contributed by atoms with van der Waals surface area (Å²) in [7, 11) is 0. The third-order valence-corrected chi connectivity index (χ3v) is 8.11. The SMILES string of the molecule is CCCCCCCCCCCCCCCCCC[Si](Cl)(Cl)OCC. The first-order valence-corrected chi connectivity index (χ1v) is 14.8. The lowest BCUT2D eigenvalue weighted by molar-refractivity contribution is 0.346. The standard InChI is InChI=1S/C20H42Cl2OSi/c1-3-5-6-7-8-9-10-11-12-13-14-15-16-17-18-19-20-24(21,22)23-4-2/h3-20H2,1-2H3. The highest BCUT2D eigenvalue weighted by atomic mass is 35.7. The van der Waals surface area contributed by atoms with E-state index in [9.17, 15) is 0 Å². The minimum atomic E-state index is -2.37. The first-order chi connectivity index (χ1) is 11.6. The van der Waals surface area contributed by atoms with Gasteiger partial charge in [0.1, 0.15) is 0 Å². The largest absolute Gasteiger partial charge is 0.393 e. The summed E-state index contributed by atoms with van der Waals surface area (Å²) < 4.78 is 5.42. The van der Waals surface area contributed by atoms with Crippen LogP contribution in [0.5, 0.6) is 0 Å². The third-order valence-electron chi connectivity index (χ3n) is 4.68. The van der Waals surface area contributed by atoms with Crippen molar-refractivity contribution < 1.29 is 4.43 Å². The van der Waals surface area contributed by atoms with E-state index in [1.807, 2.05) is 6.92 Å². The zero-order valence-corrected chi connectivity index (χ0v) is 18.9. The van der Waals surface area contributed by atoms with E-state index >= 15 is 0 Å². The molecule has 0 unspecified atom stereocenters. The van der Waals surface area contributed by atoms with E-state index in [-0.39, 0.29) is 0 Å². The molecule has 146 valence electrons. The number of rotatable bonds is 19. The van der Waals surface area contributed by atoms with Crippen LogP contribution in [-0.2, 0) is 4.43 Å². The molecular weight excluding hydrogens is 355 g/mol. The summed E-state index contributed by atoms with van der Waals surface area (Å²) in [6.45, 7) is 2.52. The summed E-state index contributed by atoms with van der Waals surface area (Å²) in [5.41, 5.74) is 0. The van der Waals surface area contributed by atoms with Crippen LogP contribution in [0.1, 0.15) is 117 Å². The highest BCUT2D eigenvalue weighted by Gasteiger charge is 2.28. The van der Waals surface area contributed by atoms with Crippen molar-refractivity contribution in [2.24, 2.45) is 0 Å². The Bertz CT molecular complexity index is 250. The molecule has 0 spiro atoms. The first-order valence-electron chi connectivity index (χ1n) is 10.6. The molecule has 0 aromatic carbocycles. The van der Waals surface area contributed by atoms with Crippen molar-refractivity contribution in [1.29, 1.82) is 0 Å². The van der Waals surface area contributed by atoms with Gasteiger partial charge in [0, 0.05) is 6.61 Å². The van der Waals surface area contributed by atoms with Crippen molar-refractivity contribution in [3.05, 3.63) is 0 Å². The normalized spacial score (nSPS) is 12.0. The van der Waals surface area contributed by atoms with Gasteiger partial charge in [0.25, 0.3) is 0 Å². The maximum atomic E-state index is 6.18. The van der Waals surface area contributed by atoms with E-state index < -0.39 is 6.94 Å². The second-order valence-corrected chi connectivity index (χ2v) is 13.4.